The average molecular weight is 304 g/mol. The second-order valence-corrected chi connectivity index (χ2v) is 6.14. The summed E-state index contributed by atoms with van der Waals surface area (Å²) >= 11 is 1.59. The highest BCUT2D eigenvalue weighted by molar-refractivity contribution is 7.99. The van der Waals surface area contributed by atoms with Crippen LogP contribution in [0.1, 0.15) is 12.2 Å². The van der Waals surface area contributed by atoms with Crippen LogP contribution in [0.4, 0.5) is 5.69 Å². The minimum absolute atomic E-state index is 0.360. The molecule has 7 heteroatoms. The van der Waals surface area contributed by atoms with Crippen LogP contribution in [-0.4, -0.2) is 42.7 Å². The molecule has 0 spiro atoms. The molecule has 2 aromatic heterocycles. The van der Waals surface area contributed by atoms with Gasteiger partial charge in [-0.2, -0.15) is 11.8 Å². The lowest BCUT2D eigenvalue weighted by molar-refractivity contribution is -0.131. The van der Waals surface area contributed by atoms with E-state index in [1.165, 1.54) is 0 Å². The number of anilines is 1. The Morgan fingerprint density at radius 3 is 2.90 bits per heavy atom. The Morgan fingerprint density at radius 2 is 2.33 bits per heavy atom. The molecule has 0 bridgehead atoms. The van der Waals surface area contributed by atoms with Gasteiger partial charge in [0.15, 0.2) is 5.60 Å². The van der Waals surface area contributed by atoms with Crippen molar-refractivity contribution in [3.05, 3.63) is 36.5 Å². The fourth-order valence-corrected chi connectivity index (χ4v) is 3.44. The van der Waals surface area contributed by atoms with Gasteiger partial charge in [0.1, 0.15) is 11.6 Å². The molecule has 3 heterocycles. The largest absolute Gasteiger partial charge is 0.379 e. The van der Waals surface area contributed by atoms with E-state index < -0.39 is 5.60 Å². The highest BCUT2D eigenvalue weighted by atomic mass is 32.2. The van der Waals surface area contributed by atoms with Gasteiger partial charge in [0.05, 0.1) is 11.9 Å². The first-order chi connectivity index (χ1) is 10.1. The van der Waals surface area contributed by atoms with Gasteiger partial charge in [-0.15, -0.1) is 0 Å². The second-order valence-electron chi connectivity index (χ2n) is 5.04. The van der Waals surface area contributed by atoms with Gasteiger partial charge in [0, 0.05) is 18.1 Å². The van der Waals surface area contributed by atoms with Gasteiger partial charge in [-0.05, 0) is 31.2 Å². The van der Waals surface area contributed by atoms with Gasteiger partial charge in [0.25, 0.3) is 5.91 Å². The molecule has 0 radical (unpaired) electrons. The maximum absolute atomic E-state index is 12.1. The zero-order valence-electron chi connectivity index (χ0n) is 11.6. The van der Waals surface area contributed by atoms with Crippen molar-refractivity contribution in [2.75, 3.05) is 16.8 Å². The summed E-state index contributed by atoms with van der Waals surface area (Å²) in [5.74, 6) is 2.47. The minimum atomic E-state index is -1.26. The zero-order chi connectivity index (χ0) is 14.9. The lowest BCUT2D eigenvalue weighted by Gasteiger charge is -2.20. The van der Waals surface area contributed by atoms with Crippen LogP contribution in [0.5, 0.6) is 0 Å². The standard InChI is InChI=1S/C14H16N4O2S/c1-10-15-5-6-18(10)12-3-2-11(8-16-12)17-13(19)14(20)4-7-21-9-14/h2-3,5-6,8,20H,4,7,9H2,1H3,(H,17,19). The molecule has 1 aliphatic rings. The molecule has 2 aromatic rings. The molecular formula is C14H16N4O2S. The number of aromatic nitrogens is 3. The summed E-state index contributed by atoms with van der Waals surface area (Å²) in [6.07, 6.45) is 5.61. The van der Waals surface area contributed by atoms with E-state index in [0.29, 0.717) is 17.9 Å². The van der Waals surface area contributed by atoms with Crippen LogP contribution in [0.3, 0.4) is 0 Å². The fraction of sp³-hybridized carbons (Fsp3) is 0.357. The Morgan fingerprint density at radius 1 is 1.48 bits per heavy atom. The number of carbonyl (C=O) groups is 1. The second kappa shape index (κ2) is 5.50. The summed E-state index contributed by atoms with van der Waals surface area (Å²) in [6.45, 7) is 1.89. The summed E-state index contributed by atoms with van der Waals surface area (Å²) in [6, 6.07) is 3.57. The number of aryl methyl sites for hydroxylation is 1. The number of hydrogen-bond acceptors (Lipinski definition) is 5. The van der Waals surface area contributed by atoms with E-state index in [2.05, 4.69) is 15.3 Å². The van der Waals surface area contributed by atoms with Gasteiger partial charge in [-0.1, -0.05) is 0 Å². The zero-order valence-corrected chi connectivity index (χ0v) is 12.4. The molecule has 3 rings (SSSR count). The van der Waals surface area contributed by atoms with E-state index >= 15 is 0 Å². The van der Waals surface area contributed by atoms with Crippen molar-refractivity contribution in [2.24, 2.45) is 0 Å². The molecule has 1 unspecified atom stereocenters. The van der Waals surface area contributed by atoms with Crippen LogP contribution < -0.4 is 5.32 Å². The number of pyridine rings is 1. The van der Waals surface area contributed by atoms with Crippen molar-refractivity contribution in [3.8, 4) is 5.82 Å². The topological polar surface area (TPSA) is 80.0 Å². The monoisotopic (exact) mass is 304 g/mol. The number of thioether (sulfide) groups is 1. The first-order valence-electron chi connectivity index (χ1n) is 6.66. The lowest BCUT2D eigenvalue weighted by Crippen LogP contribution is -2.42. The van der Waals surface area contributed by atoms with Gasteiger partial charge >= 0.3 is 0 Å². The number of aliphatic hydroxyl groups is 1. The summed E-state index contributed by atoms with van der Waals surface area (Å²) in [7, 11) is 0. The van der Waals surface area contributed by atoms with Crippen LogP contribution in [-0.2, 0) is 4.79 Å². The predicted molar refractivity (Wildman–Crippen MR) is 81.6 cm³/mol. The van der Waals surface area contributed by atoms with Crippen LogP contribution in [0.25, 0.3) is 5.82 Å². The van der Waals surface area contributed by atoms with E-state index in [1.807, 2.05) is 17.7 Å². The predicted octanol–water partition coefficient (Wildman–Crippen LogP) is 1.38. The Kier molecular flexibility index (Phi) is 3.69. The maximum atomic E-state index is 12.1. The lowest BCUT2D eigenvalue weighted by atomic mass is 10.0. The Hall–Kier alpha value is -1.86. The number of carbonyl (C=O) groups excluding carboxylic acids is 1. The van der Waals surface area contributed by atoms with E-state index in [1.54, 1.807) is 36.3 Å². The smallest absolute Gasteiger partial charge is 0.257 e. The highest BCUT2D eigenvalue weighted by Crippen LogP contribution is 2.29. The minimum Gasteiger partial charge on any atom is -0.379 e. The van der Waals surface area contributed by atoms with Crippen molar-refractivity contribution in [1.29, 1.82) is 0 Å². The molecule has 6 nitrogen and oxygen atoms in total. The van der Waals surface area contributed by atoms with Gasteiger partial charge < -0.3 is 10.4 Å². The molecule has 1 saturated heterocycles. The maximum Gasteiger partial charge on any atom is 0.257 e. The summed E-state index contributed by atoms with van der Waals surface area (Å²) < 4.78 is 1.85. The van der Waals surface area contributed by atoms with Crippen LogP contribution in [0.15, 0.2) is 30.7 Å². The van der Waals surface area contributed by atoms with E-state index in [0.717, 1.165) is 17.4 Å². The number of nitrogens with one attached hydrogen (secondary N) is 1. The molecule has 1 aliphatic heterocycles. The first kappa shape index (κ1) is 14.1. The van der Waals surface area contributed by atoms with Crippen LogP contribution in [0, 0.1) is 6.92 Å². The van der Waals surface area contributed by atoms with Gasteiger partial charge in [-0.25, -0.2) is 9.97 Å². The molecule has 2 N–H and O–H groups in total. The summed E-state index contributed by atoms with van der Waals surface area (Å²) in [5, 5.41) is 12.9. The van der Waals surface area contributed by atoms with Crippen molar-refractivity contribution in [2.45, 2.75) is 18.9 Å². The normalized spacial score (nSPS) is 21.4. The molecule has 1 fully saturated rings. The summed E-state index contributed by atoms with van der Waals surface area (Å²) in [5.41, 5.74) is -0.684. The Balaban J connectivity index is 1.73. The molecule has 0 saturated carbocycles. The van der Waals surface area contributed by atoms with Gasteiger partial charge in [0.2, 0.25) is 0 Å². The van der Waals surface area contributed by atoms with Crippen molar-refractivity contribution in [3.63, 3.8) is 0 Å². The number of rotatable bonds is 3. The van der Waals surface area contributed by atoms with E-state index in [4.69, 9.17) is 0 Å². The third kappa shape index (κ3) is 2.79. The van der Waals surface area contributed by atoms with Crippen molar-refractivity contribution >= 4 is 23.4 Å². The van der Waals surface area contributed by atoms with Crippen LogP contribution in [0.2, 0.25) is 0 Å². The van der Waals surface area contributed by atoms with Crippen molar-refractivity contribution in [1.82, 2.24) is 14.5 Å². The molecule has 110 valence electrons. The fourth-order valence-electron chi connectivity index (χ4n) is 2.20. The molecule has 0 aromatic carbocycles. The van der Waals surface area contributed by atoms with E-state index in [9.17, 15) is 9.90 Å². The molecule has 1 amide bonds. The number of hydrogen-bond donors (Lipinski definition) is 2. The quantitative estimate of drug-likeness (QED) is 0.895. The highest BCUT2D eigenvalue weighted by Gasteiger charge is 2.39. The molecular weight excluding hydrogens is 288 g/mol. The molecule has 1 atom stereocenters. The molecule has 21 heavy (non-hydrogen) atoms. The Bertz CT molecular complexity index is 647. The van der Waals surface area contributed by atoms with Crippen LogP contribution >= 0.6 is 11.8 Å². The SMILES string of the molecule is Cc1nccn1-c1ccc(NC(=O)C2(O)CCSC2)cn1. The molecule has 0 aliphatic carbocycles. The number of amides is 1. The van der Waals surface area contributed by atoms with Crippen molar-refractivity contribution < 1.29 is 9.90 Å². The Labute approximate surface area is 126 Å². The number of nitrogens with zero attached hydrogens (tertiary/aromatic N) is 3. The van der Waals surface area contributed by atoms with Gasteiger partial charge in [-0.3, -0.25) is 9.36 Å². The third-order valence-electron chi connectivity index (χ3n) is 3.50. The third-order valence-corrected chi connectivity index (χ3v) is 4.68. The summed E-state index contributed by atoms with van der Waals surface area (Å²) in [4.78, 5) is 20.5. The average Bonchev–Trinajstić information content (AvgIpc) is 3.09. The number of imidazole rings is 1. The first-order valence-corrected chi connectivity index (χ1v) is 7.82. The van der Waals surface area contributed by atoms with E-state index in [-0.39, 0.29) is 5.91 Å².